The van der Waals surface area contributed by atoms with Crippen molar-refractivity contribution in [3.05, 3.63) is 76.0 Å². The van der Waals surface area contributed by atoms with Crippen molar-refractivity contribution in [1.82, 2.24) is 40.3 Å². The molecule has 2 atom stereocenters. The van der Waals surface area contributed by atoms with Crippen LogP contribution in [-0.2, 0) is 20.9 Å². The van der Waals surface area contributed by atoms with Crippen LogP contribution >= 0.6 is 34.7 Å². The van der Waals surface area contributed by atoms with Crippen molar-refractivity contribution in [3.63, 3.8) is 0 Å². The van der Waals surface area contributed by atoms with Crippen LogP contribution in [0.4, 0.5) is 21.8 Å². The van der Waals surface area contributed by atoms with E-state index in [1.165, 1.54) is 6.20 Å². The van der Waals surface area contributed by atoms with Crippen molar-refractivity contribution in [2.45, 2.75) is 101 Å². The van der Waals surface area contributed by atoms with Gasteiger partial charge in [-0.25, -0.2) is 14.4 Å². The predicted molar refractivity (Wildman–Crippen MR) is 271 cm³/mol. The number of thioether (sulfide) groups is 1. The number of carbonyl (C=O) groups excluding carboxylic acids is 4. The van der Waals surface area contributed by atoms with Crippen LogP contribution in [-0.4, -0.2) is 135 Å². The van der Waals surface area contributed by atoms with E-state index < -0.39 is 28.4 Å². The van der Waals surface area contributed by atoms with Crippen LogP contribution in [0.1, 0.15) is 86.8 Å². The molecule has 2 aliphatic heterocycles. The molecular weight excluding hydrogens is 939 g/mol. The minimum Gasteiger partial charge on any atom is -0.495 e. The third kappa shape index (κ3) is 12.1. The Morgan fingerprint density at radius 2 is 1.71 bits per heavy atom. The van der Waals surface area contributed by atoms with Crippen molar-refractivity contribution < 1.29 is 28.3 Å². The summed E-state index contributed by atoms with van der Waals surface area (Å²) in [4.78, 5) is 75.1. The Labute approximate surface area is 417 Å². The number of piperazine rings is 1. The number of anilines is 3. The molecule has 2 aliphatic carbocycles. The zero-order valence-electron chi connectivity index (χ0n) is 40.1. The number of hydrogen-bond donors (Lipinski definition) is 4. The summed E-state index contributed by atoms with van der Waals surface area (Å²) in [5, 5.41) is 12.4. The Bertz CT molecular complexity index is 2480. The number of aromatic nitrogens is 3. The number of likely N-dealkylation sites (tertiary alicyclic amines) is 1. The largest absolute Gasteiger partial charge is 0.495 e. The Balaban J connectivity index is 0.798. The lowest BCUT2D eigenvalue weighted by molar-refractivity contribution is -0.143. The number of carbonyl (C=O) groups is 4. The Morgan fingerprint density at radius 1 is 0.986 bits per heavy atom. The summed E-state index contributed by atoms with van der Waals surface area (Å²) in [6, 6.07) is 11.7. The maximum absolute atomic E-state index is 15.2. The molecule has 19 heteroatoms. The second-order valence-electron chi connectivity index (χ2n) is 19.3. The second kappa shape index (κ2) is 21.9. The zero-order chi connectivity index (χ0) is 48.9. The molecule has 4 N–H and O–H groups in total. The molecule has 370 valence electrons. The standard InChI is InChI=1S/C50H64ClFN10O5S2/c1-31-41(68-30-56-31)35-14-12-32(13-15-35)26-54-44(63)39-7-6-20-62(39)46(65)42(58-47(66)50(52)18-19-50)49(2,3)69-29-34-10-8-33(9-11-34)28-60-21-23-61(24-22-60)45(64)36-16-17-38(40(25-36)67-5)57-48-55-27-37(51)43(53-4)59-48/h12-17,25,27,30,33-34,39,42H,6-11,18-24,26,28-29H2,1-5H3,(H,54,63)(H,58,66)(H2,53,55,57,59)/t33-,34-,39?,42-/m1/s1. The minimum atomic E-state index is -1.94. The fourth-order valence-corrected chi connectivity index (χ4v) is 11.9. The molecule has 2 saturated carbocycles. The first kappa shape index (κ1) is 50.4. The molecular formula is C50H64ClFN10O5S2. The summed E-state index contributed by atoms with van der Waals surface area (Å²) in [6.45, 7) is 10.5. The quantitative estimate of drug-likeness (QED) is 0.0766. The SMILES string of the molecule is CNc1nc(Nc2ccc(C(=O)N3CCN(C[C@H]4CC[C@H](CSC(C)(C)[C@H](NC(=O)C5(F)CC5)C(=O)N5CCCC5C(=O)NCc5ccc(-c6scnc6C)cc5)CC4)CC3)cc2OC)ncc1Cl. The first-order chi connectivity index (χ1) is 33.1. The molecule has 0 radical (unpaired) electrons. The van der Waals surface area contributed by atoms with Crippen molar-refractivity contribution in [1.29, 1.82) is 0 Å². The Hall–Kier alpha value is -5.04. The normalized spacial score (nSPS) is 20.8. The number of methoxy groups -OCH3 is 1. The first-order valence-corrected chi connectivity index (χ1v) is 26.3. The molecule has 1 unspecified atom stereocenters. The number of rotatable bonds is 18. The Kier molecular flexibility index (Phi) is 16.0. The van der Waals surface area contributed by atoms with Crippen LogP contribution in [0.15, 0.2) is 54.2 Å². The number of nitrogens with zero attached hydrogens (tertiary/aromatic N) is 6. The number of amides is 4. The van der Waals surface area contributed by atoms with E-state index in [0.29, 0.717) is 84.6 Å². The summed E-state index contributed by atoms with van der Waals surface area (Å²) in [6.07, 6.45) is 7.27. The number of ether oxygens (including phenoxy) is 1. The maximum Gasteiger partial charge on any atom is 0.258 e. The van der Waals surface area contributed by atoms with Gasteiger partial charge in [-0.15, -0.1) is 11.3 Å². The van der Waals surface area contributed by atoms with E-state index in [1.807, 2.05) is 55.4 Å². The van der Waals surface area contributed by atoms with Crippen LogP contribution in [0.5, 0.6) is 5.75 Å². The van der Waals surface area contributed by atoms with Gasteiger partial charge in [0, 0.05) is 63.2 Å². The molecule has 2 aromatic carbocycles. The van der Waals surface area contributed by atoms with Gasteiger partial charge < -0.3 is 35.8 Å². The second-order valence-corrected chi connectivity index (χ2v) is 22.3. The van der Waals surface area contributed by atoms with Gasteiger partial charge in [-0.1, -0.05) is 35.9 Å². The lowest BCUT2D eigenvalue weighted by Gasteiger charge is -2.40. The zero-order valence-corrected chi connectivity index (χ0v) is 42.5. The van der Waals surface area contributed by atoms with Gasteiger partial charge in [0.2, 0.25) is 17.8 Å². The van der Waals surface area contributed by atoms with E-state index in [2.05, 4.69) is 41.1 Å². The fourth-order valence-electron chi connectivity index (χ4n) is 9.59. The third-order valence-corrected chi connectivity index (χ3v) is 17.0. The number of nitrogens with one attached hydrogen (secondary N) is 4. The molecule has 8 rings (SSSR count). The molecule has 4 amide bonds. The summed E-state index contributed by atoms with van der Waals surface area (Å²) in [5.74, 6) is 1.78. The van der Waals surface area contributed by atoms with Gasteiger partial charge in [-0.3, -0.25) is 24.1 Å². The summed E-state index contributed by atoms with van der Waals surface area (Å²) in [5.41, 5.74) is 4.05. The molecule has 0 spiro atoms. The molecule has 4 aliphatic rings. The van der Waals surface area contributed by atoms with E-state index in [4.69, 9.17) is 16.3 Å². The Morgan fingerprint density at radius 3 is 2.38 bits per heavy atom. The van der Waals surface area contributed by atoms with E-state index in [1.54, 1.807) is 60.4 Å². The van der Waals surface area contributed by atoms with Gasteiger partial charge in [-0.2, -0.15) is 16.7 Å². The molecule has 4 heterocycles. The average molecular weight is 1000 g/mol. The molecule has 2 aromatic heterocycles. The number of hydrogen-bond acceptors (Lipinski definition) is 13. The molecule has 15 nitrogen and oxygen atoms in total. The molecule has 4 fully saturated rings. The van der Waals surface area contributed by atoms with Crippen molar-refractivity contribution in [3.8, 4) is 16.2 Å². The lowest BCUT2D eigenvalue weighted by atomic mass is 9.82. The highest BCUT2D eigenvalue weighted by Gasteiger charge is 2.54. The highest BCUT2D eigenvalue weighted by atomic mass is 35.5. The molecule has 69 heavy (non-hydrogen) atoms. The highest BCUT2D eigenvalue weighted by Crippen LogP contribution is 2.42. The summed E-state index contributed by atoms with van der Waals surface area (Å²) >= 11 is 9.39. The van der Waals surface area contributed by atoms with Crippen LogP contribution in [0.2, 0.25) is 5.02 Å². The van der Waals surface area contributed by atoms with Crippen molar-refractivity contribution in [2.24, 2.45) is 11.8 Å². The maximum atomic E-state index is 15.2. The lowest BCUT2D eigenvalue weighted by Crippen LogP contribution is -2.61. The van der Waals surface area contributed by atoms with Crippen LogP contribution in [0, 0.1) is 18.8 Å². The van der Waals surface area contributed by atoms with Crippen LogP contribution in [0.25, 0.3) is 10.4 Å². The number of aryl methyl sites for hydroxylation is 1. The first-order valence-electron chi connectivity index (χ1n) is 24.0. The fraction of sp³-hybridized carbons (Fsp3) is 0.540. The summed E-state index contributed by atoms with van der Waals surface area (Å²) in [7, 11) is 3.29. The van der Waals surface area contributed by atoms with E-state index in [9.17, 15) is 19.2 Å². The number of benzene rings is 2. The molecule has 4 aromatic rings. The van der Waals surface area contributed by atoms with Crippen molar-refractivity contribution >= 4 is 75.8 Å². The van der Waals surface area contributed by atoms with Crippen LogP contribution in [0.3, 0.4) is 0 Å². The van der Waals surface area contributed by atoms with Gasteiger partial charge in [0.25, 0.3) is 11.8 Å². The van der Waals surface area contributed by atoms with Gasteiger partial charge in [0.15, 0.2) is 5.67 Å². The number of alkyl halides is 1. The van der Waals surface area contributed by atoms with E-state index in [0.717, 1.165) is 72.8 Å². The summed E-state index contributed by atoms with van der Waals surface area (Å²) < 4.78 is 20.0. The monoisotopic (exact) mass is 1000 g/mol. The van der Waals surface area contributed by atoms with Gasteiger partial charge in [0.1, 0.15) is 28.7 Å². The minimum absolute atomic E-state index is 0.0390. The van der Waals surface area contributed by atoms with E-state index in [-0.39, 0.29) is 30.6 Å². The predicted octanol–water partition coefficient (Wildman–Crippen LogP) is 7.73. The average Bonchev–Trinajstić information content (AvgIpc) is 3.68. The van der Waals surface area contributed by atoms with Crippen LogP contribution < -0.4 is 26.0 Å². The van der Waals surface area contributed by atoms with Gasteiger partial charge >= 0.3 is 0 Å². The number of halogens is 2. The van der Waals surface area contributed by atoms with Crippen molar-refractivity contribution in [2.75, 3.05) is 69.8 Å². The highest BCUT2D eigenvalue weighted by molar-refractivity contribution is 8.00. The third-order valence-electron chi connectivity index (χ3n) is 14.1. The topological polar surface area (TPSA) is 174 Å². The molecule has 0 bridgehead atoms. The molecule has 2 saturated heterocycles. The number of thiazole rings is 1. The van der Waals surface area contributed by atoms with Gasteiger partial charge in [0.05, 0.1) is 35.1 Å². The smallest absolute Gasteiger partial charge is 0.258 e. The van der Waals surface area contributed by atoms with Gasteiger partial charge in [-0.05, 0) is 119 Å². The van der Waals surface area contributed by atoms with E-state index >= 15 is 4.39 Å².